The number of carboxylic acids is 4. The molecule has 2 aromatic carbocycles. The second-order valence-corrected chi connectivity index (χ2v) is 30.2. The lowest BCUT2D eigenvalue weighted by atomic mass is 10.0. The number of nitrogens with zero attached hydrogens (tertiary/aromatic N) is 5. The lowest BCUT2D eigenvalue weighted by Gasteiger charge is -2.33. The van der Waals surface area contributed by atoms with E-state index in [-0.39, 0.29) is 106 Å². The number of sulfonamides is 1. The van der Waals surface area contributed by atoms with Crippen molar-refractivity contribution in [3.05, 3.63) is 82.0 Å². The molecule has 43 heteroatoms. The van der Waals surface area contributed by atoms with Gasteiger partial charge in [0.1, 0.15) is 53.0 Å². The Hall–Kier alpha value is -8.63. The quantitative estimate of drug-likeness (QED) is 0.0189. The highest BCUT2D eigenvalue weighted by atomic mass is 32.2. The van der Waals surface area contributed by atoms with E-state index in [1.807, 2.05) is 11.4 Å². The summed E-state index contributed by atoms with van der Waals surface area (Å²) in [5.74, 6) is -16.7. The van der Waals surface area contributed by atoms with Gasteiger partial charge in [0.25, 0.3) is 36.3 Å². The van der Waals surface area contributed by atoms with Gasteiger partial charge in [0, 0.05) is 96.2 Å². The van der Waals surface area contributed by atoms with Crippen LogP contribution in [-0.2, 0) is 103 Å². The highest BCUT2D eigenvalue weighted by Crippen LogP contribution is 2.27. The van der Waals surface area contributed by atoms with E-state index in [0.717, 1.165) is 36.5 Å². The van der Waals surface area contributed by atoms with Gasteiger partial charge in [0.2, 0.25) is 39.6 Å². The molecule has 4 atom stereocenters. The standard InChI is InChI=1S/C59H85N13O26S4/c1-37-27-43(28-38(2)53(37)102(96,97)68-44(59(85)86)29-63-55(81)41-10-7-39(8-11-41)9-13-42-14-12-40-5-3-15-61-54(40)64-42)98-26-4-6-48(73)60-16-17-62-56(82)45(34-99(87,88)89)66-58(84)47(36-101(93,94)95)67-57(83)46(35-100(90,91)92)65-49(74)30-69-18-20-70(31-50(75)76)22-24-72(33-52(79)80)25-23-71(21-19-69)32-51(77)78/h7-8,10-12,14,27-28,44-47,68H,3-6,9,13,15-26,29-36H2,1-2H3,(H,60,73)(H,61,64)(H,62,82)(H,63,81)(H,65,74)(H,66,84)(H,67,83)(H,75,76)(H,77,78)(H,79,80)(H,85,86)(H,87,88,89)(H,90,91,92)(H,93,94,95)/t44-,45?,46?,47?/m1/s1. The monoisotopic (exact) mass is 1520 g/mol. The first-order valence-electron chi connectivity index (χ1n) is 31.6. The summed E-state index contributed by atoms with van der Waals surface area (Å²) >= 11 is 0. The van der Waals surface area contributed by atoms with Crippen LogP contribution in [0.1, 0.15) is 57.6 Å². The van der Waals surface area contributed by atoms with Crippen LogP contribution in [0.25, 0.3) is 0 Å². The summed E-state index contributed by atoms with van der Waals surface area (Å²) in [6.07, 6.45) is 3.17. The van der Waals surface area contributed by atoms with Gasteiger partial charge in [-0.2, -0.15) is 30.0 Å². The molecule has 3 heterocycles. The first-order valence-corrected chi connectivity index (χ1v) is 38.0. The van der Waals surface area contributed by atoms with Crippen LogP contribution in [0.3, 0.4) is 0 Å². The van der Waals surface area contributed by atoms with Crippen molar-refractivity contribution < 1.29 is 120 Å². The van der Waals surface area contributed by atoms with Crippen molar-refractivity contribution in [3.63, 3.8) is 0 Å². The Labute approximate surface area is 587 Å². The molecular formula is C59H85N13O26S4. The molecule has 15 N–H and O–H groups in total. The topological polar surface area (TPSA) is 580 Å². The maximum absolute atomic E-state index is 13.7. The molecule has 1 fully saturated rings. The van der Waals surface area contributed by atoms with E-state index in [1.54, 1.807) is 34.9 Å². The number of carboxylic acid groups (broad SMARTS) is 4. The molecule has 3 aromatic rings. The molecule has 6 amide bonds. The minimum absolute atomic E-state index is 0.0140. The lowest BCUT2D eigenvalue weighted by Crippen LogP contribution is -2.60. The third-order valence-corrected chi connectivity index (χ3v) is 19.6. The van der Waals surface area contributed by atoms with Crippen LogP contribution >= 0.6 is 0 Å². The minimum Gasteiger partial charge on any atom is -0.494 e. The van der Waals surface area contributed by atoms with Gasteiger partial charge < -0.3 is 62.4 Å². The van der Waals surface area contributed by atoms with Crippen molar-refractivity contribution in [1.82, 2.24) is 61.2 Å². The molecular weight excluding hydrogens is 1430 g/mol. The summed E-state index contributed by atoms with van der Waals surface area (Å²) in [6.45, 7) is -0.658. The second kappa shape index (κ2) is 39.1. The second-order valence-electron chi connectivity index (χ2n) is 24.0. The highest BCUT2D eigenvalue weighted by Gasteiger charge is 2.36. The Kier molecular flexibility index (Phi) is 32.2. The number of anilines is 1. The molecule has 0 aliphatic carbocycles. The third-order valence-electron chi connectivity index (χ3n) is 15.6. The number of hydrogen-bond acceptors (Lipinski definition) is 25. The third kappa shape index (κ3) is 30.9. The molecule has 0 radical (unpaired) electrons. The number of hydrogen-bond donors (Lipinski definition) is 15. The summed E-state index contributed by atoms with van der Waals surface area (Å²) in [6, 6.07) is 4.38. The zero-order chi connectivity index (χ0) is 75.7. The molecule has 0 saturated carbocycles. The average molecular weight is 1520 g/mol. The highest BCUT2D eigenvalue weighted by molar-refractivity contribution is 7.89. The number of aromatic nitrogens is 1. The Balaban J connectivity index is 1.11. The van der Waals surface area contributed by atoms with Crippen molar-refractivity contribution in [1.29, 1.82) is 0 Å². The van der Waals surface area contributed by atoms with E-state index in [1.165, 1.54) is 51.1 Å². The SMILES string of the molecule is Cc1cc(OCCCC(=O)NCCNC(=O)C(CS(=O)(=O)O)NC(=O)C(CS(=O)(=O)O)NC(=O)C(CS(=O)(=O)O)NC(=O)CN2CCN(CC(=O)O)CCN(CC(=O)O)CCN(CC(=O)O)CC2)cc(C)c1S(=O)(=O)N[C@H](CNC(=O)c1ccc(CCc2ccc3c(n2)NCCC3)cc1)C(=O)O. The molecule has 0 bridgehead atoms. The molecule has 1 aromatic heterocycles. The fourth-order valence-corrected chi connectivity index (χ4v) is 14.3. The van der Waals surface area contributed by atoms with Gasteiger partial charge in [-0.3, -0.25) is 81.2 Å². The number of aryl methyl sites for hydroxylation is 5. The van der Waals surface area contributed by atoms with Crippen LogP contribution in [0, 0.1) is 13.8 Å². The smallest absolute Gasteiger partial charge is 0.323 e. The zero-order valence-electron chi connectivity index (χ0n) is 55.6. The van der Waals surface area contributed by atoms with Crippen LogP contribution in [0.5, 0.6) is 5.75 Å². The molecule has 1 saturated heterocycles. The largest absolute Gasteiger partial charge is 0.494 e. The minimum atomic E-state index is -5.35. The number of benzene rings is 2. The number of fused-ring (bicyclic) bond motifs is 1. The normalized spacial score (nSPS) is 15.9. The molecule has 2 aliphatic rings. The Morgan fingerprint density at radius 3 is 1.51 bits per heavy atom. The van der Waals surface area contributed by atoms with Gasteiger partial charge >= 0.3 is 23.9 Å². The predicted octanol–water partition coefficient (Wildman–Crippen LogP) is -5.01. The van der Waals surface area contributed by atoms with Crippen molar-refractivity contribution in [2.45, 2.75) is 81.4 Å². The number of aliphatic carboxylic acids is 4. The zero-order valence-corrected chi connectivity index (χ0v) is 58.8. The molecule has 2 aliphatic heterocycles. The first kappa shape index (κ1) is 84.0. The number of ether oxygens (including phenoxy) is 1. The van der Waals surface area contributed by atoms with Gasteiger partial charge in [-0.15, -0.1) is 0 Å². The summed E-state index contributed by atoms with van der Waals surface area (Å²) in [7, 11) is -20.4. The Morgan fingerprint density at radius 2 is 1.03 bits per heavy atom. The number of carbonyl (C=O) groups excluding carboxylic acids is 6. The number of amides is 6. The maximum Gasteiger partial charge on any atom is 0.323 e. The number of rotatable bonds is 38. The molecule has 3 unspecified atom stereocenters. The number of carbonyl (C=O) groups is 10. The predicted molar refractivity (Wildman–Crippen MR) is 359 cm³/mol. The van der Waals surface area contributed by atoms with E-state index < -0.39 is 180 Å². The van der Waals surface area contributed by atoms with Crippen molar-refractivity contribution in [2.24, 2.45) is 0 Å². The Bertz CT molecular complexity index is 3930. The summed E-state index contributed by atoms with van der Waals surface area (Å²) in [4.78, 5) is 137. The van der Waals surface area contributed by atoms with E-state index in [4.69, 9.17) is 9.72 Å². The van der Waals surface area contributed by atoms with Crippen LogP contribution in [0.4, 0.5) is 5.82 Å². The molecule has 102 heavy (non-hydrogen) atoms. The van der Waals surface area contributed by atoms with E-state index in [2.05, 4.69) is 32.1 Å². The van der Waals surface area contributed by atoms with Crippen molar-refractivity contribution in [3.8, 4) is 5.75 Å². The lowest BCUT2D eigenvalue weighted by molar-refractivity contribution is -0.140. The molecule has 39 nitrogen and oxygen atoms in total. The van der Waals surface area contributed by atoms with Crippen LogP contribution < -0.4 is 46.7 Å². The van der Waals surface area contributed by atoms with Gasteiger partial charge in [-0.25, -0.2) is 13.4 Å². The van der Waals surface area contributed by atoms with Crippen LogP contribution in [0.2, 0.25) is 0 Å². The van der Waals surface area contributed by atoms with Gasteiger partial charge in [-0.05, 0) is 98.5 Å². The molecule has 566 valence electrons. The molecule has 5 rings (SSSR count). The maximum atomic E-state index is 13.7. The van der Waals surface area contributed by atoms with E-state index in [9.17, 15) is 116 Å². The van der Waals surface area contributed by atoms with Gasteiger partial charge in [0.15, 0.2) is 0 Å². The number of nitrogens with one attached hydrogen (secondary N) is 8. The fraction of sp³-hybridized carbons (Fsp3) is 0.542. The van der Waals surface area contributed by atoms with Crippen molar-refractivity contribution >= 4 is 106 Å². The van der Waals surface area contributed by atoms with Gasteiger partial charge in [0.05, 0.1) is 37.7 Å². The summed E-state index contributed by atoms with van der Waals surface area (Å²) in [5.41, 5.74) is 3.54. The summed E-state index contributed by atoms with van der Waals surface area (Å²) in [5, 5.41) is 54.4. The van der Waals surface area contributed by atoms with Crippen LogP contribution in [0.15, 0.2) is 53.4 Å². The fourth-order valence-electron chi connectivity index (χ4n) is 10.7. The summed E-state index contributed by atoms with van der Waals surface area (Å²) < 4.78 is 137. The molecule has 0 spiro atoms. The van der Waals surface area contributed by atoms with Crippen LogP contribution in [-0.4, -0.2) is 304 Å². The van der Waals surface area contributed by atoms with Gasteiger partial charge in [-0.1, -0.05) is 18.2 Å². The number of pyridine rings is 1. The van der Waals surface area contributed by atoms with E-state index >= 15 is 0 Å². The first-order chi connectivity index (χ1) is 47.7. The average Bonchev–Trinajstić information content (AvgIpc) is 0.790. The Morgan fingerprint density at radius 1 is 0.559 bits per heavy atom. The van der Waals surface area contributed by atoms with Crippen molar-refractivity contribution in [2.75, 3.05) is 134 Å². The van der Waals surface area contributed by atoms with E-state index in [0.29, 0.717) is 12.8 Å².